The second kappa shape index (κ2) is 9.29. The summed E-state index contributed by atoms with van der Waals surface area (Å²) >= 11 is 1.70. The molecule has 0 aliphatic carbocycles. The number of thiophene rings is 1. The molecule has 1 aromatic heterocycles. The van der Waals surface area contributed by atoms with Crippen LogP contribution in [0.5, 0.6) is 0 Å². The van der Waals surface area contributed by atoms with Crippen LogP contribution in [0.1, 0.15) is 62.6 Å². The Labute approximate surface area is 182 Å². The molecule has 0 radical (unpaired) electrons. The van der Waals surface area contributed by atoms with E-state index in [-0.39, 0.29) is 35.6 Å². The van der Waals surface area contributed by atoms with Crippen LogP contribution in [0.3, 0.4) is 0 Å². The number of rotatable bonds is 6. The summed E-state index contributed by atoms with van der Waals surface area (Å²) in [5, 5.41) is 2.05. The summed E-state index contributed by atoms with van der Waals surface area (Å²) in [7, 11) is 0. The van der Waals surface area contributed by atoms with Crippen LogP contribution < -0.4 is 0 Å². The highest BCUT2D eigenvalue weighted by Gasteiger charge is 2.34. The molecule has 162 valence electrons. The maximum Gasteiger partial charge on any atom is 0.242 e. The second-order valence-corrected chi connectivity index (χ2v) is 10.1. The fourth-order valence-corrected chi connectivity index (χ4v) is 4.87. The smallest absolute Gasteiger partial charge is 0.242 e. The van der Waals surface area contributed by atoms with Gasteiger partial charge in [0.25, 0.3) is 0 Å². The number of nitrogens with zero attached hydrogens (tertiary/aromatic N) is 2. The lowest BCUT2D eigenvalue weighted by atomic mass is 9.91. The quantitative estimate of drug-likeness (QED) is 0.644. The monoisotopic (exact) mass is 430 g/mol. The minimum atomic E-state index is -0.292. The molecule has 0 N–H and O–H groups in total. The molecule has 0 bridgehead atoms. The fraction of sp³-hybridized carbons (Fsp3) is 0.500. The first-order chi connectivity index (χ1) is 14.2. The zero-order valence-electron chi connectivity index (χ0n) is 18.3. The molecule has 0 saturated carbocycles. The van der Waals surface area contributed by atoms with Crippen LogP contribution in [-0.2, 0) is 16.0 Å². The normalized spacial score (nSPS) is 16.3. The van der Waals surface area contributed by atoms with Gasteiger partial charge in [0.05, 0.1) is 12.6 Å². The molecule has 1 unspecified atom stereocenters. The van der Waals surface area contributed by atoms with E-state index in [1.54, 1.807) is 28.4 Å². The van der Waals surface area contributed by atoms with Gasteiger partial charge in [-0.1, -0.05) is 39.8 Å². The van der Waals surface area contributed by atoms with Gasteiger partial charge in [-0.2, -0.15) is 0 Å². The van der Waals surface area contributed by atoms with Crippen LogP contribution in [0.15, 0.2) is 35.7 Å². The number of fused-ring (bicyclic) bond motifs is 1. The molecule has 4 nitrogen and oxygen atoms in total. The lowest BCUT2D eigenvalue weighted by Gasteiger charge is -2.38. The van der Waals surface area contributed by atoms with Gasteiger partial charge >= 0.3 is 0 Å². The number of amides is 2. The van der Waals surface area contributed by atoms with Gasteiger partial charge in [0.1, 0.15) is 5.82 Å². The van der Waals surface area contributed by atoms with E-state index < -0.39 is 0 Å². The standard InChI is InChI=1S/C24H31FN2O2S/c1-5-12-26(21(28)15-24(2,3)4)16-22(29)27-13-10-20-19(11-14-30-20)23(27)17-6-8-18(25)9-7-17/h6-9,11,14,23H,5,10,12-13,15-16H2,1-4H3. The van der Waals surface area contributed by atoms with E-state index in [2.05, 4.69) is 6.07 Å². The van der Waals surface area contributed by atoms with E-state index in [0.717, 1.165) is 24.0 Å². The number of benzene rings is 1. The molecule has 2 aromatic rings. The van der Waals surface area contributed by atoms with Crippen molar-refractivity contribution in [1.82, 2.24) is 9.80 Å². The number of hydrogen-bond acceptors (Lipinski definition) is 3. The molecule has 1 aliphatic heterocycles. The average molecular weight is 431 g/mol. The Morgan fingerprint density at radius 1 is 1.20 bits per heavy atom. The van der Waals surface area contributed by atoms with Crippen LogP contribution in [0.2, 0.25) is 0 Å². The van der Waals surface area contributed by atoms with Crippen molar-refractivity contribution in [2.24, 2.45) is 5.41 Å². The highest BCUT2D eigenvalue weighted by atomic mass is 32.1. The van der Waals surface area contributed by atoms with E-state index in [4.69, 9.17) is 0 Å². The minimum absolute atomic E-state index is 0.0178. The molecule has 30 heavy (non-hydrogen) atoms. The highest BCUT2D eigenvalue weighted by Crippen LogP contribution is 2.38. The highest BCUT2D eigenvalue weighted by molar-refractivity contribution is 7.10. The largest absolute Gasteiger partial charge is 0.333 e. The first-order valence-corrected chi connectivity index (χ1v) is 11.5. The van der Waals surface area contributed by atoms with Gasteiger partial charge in [-0.15, -0.1) is 11.3 Å². The third-order valence-corrected chi connectivity index (χ3v) is 6.32. The topological polar surface area (TPSA) is 40.6 Å². The summed E-state index contributed by atoms with van der Waals surface area (Å²) in [6.45, 7) is 9.36. The van der Waals surface area contributed by atoms with E-state index >= 15 is 0 Å². The molecule has 2 amide bonds. The molecule has 0 fully saturated rings. The van der Waals surface area contributed by atoms with E-state index in [9.17, 15) is 14.0 Å². The van der Waals surface area contributed by atoms with E-state index in [0.29, 0.717) is 19.5 Å². The van der Waals surface area contributed by atoms with Gasteiger partial charge in [-0.3, -0.25) is 9.59 Å². The first-order valence-electron chi connectivity index (χ1n) is 10.6. The van der Waals surface area contributed by atoms with Crippen LogP contribution in [0, 0.1) is 11.2 Å². The van der Waals surface area contributed by atoms with E-state index in [1.165, 1.54) is 17.0 Å². The Hall–Kier alpha value is -2.21. The van der Waals surface area contributed by atoms with Gasteiger partial charge in [0, 0.05) is 24.4 Å². The molecule has 6 heteroatoms. The number of hydrogen-bond donors (Lipinski definition) is 0. The molecule has 1 aliphatic rings. The van der Waals surface area contributed by atoms with Crippen molar-refractivity contribution in [1.29, 1.82) is 0 Å². The number of carbonyl (C=O) groups is 2. The van der Waals surface area contributed by atoms with Crippen molar-refractivity contribution in [2.45, 2.75) is 53.0 Å². The molecule has 2 heterocycles. The zero-order chi connectivity index (χ0) is 21.9. The molecule has 3 rings (SSSR count). The summed E-state index contributed by atoms with van der Waals surface area (Å²) in [6, 6.07) is 8.20. The van der Waals surface area contributed by atoms with Gasteiger partial charge in [0.2, 0.25) is 11.8 Å². The van der Waals surface area contributed by atoms with Crippen molar-refractivity contribution in [3.63, 3.8) is 0 Å². The Morgan fingerprint density at radius 3 is 2.53 bits per heavy atom. The lowest BCUT2D eigenvalue weighted by Crippen LogP contribution is -2.47. The number of carbonyl (C=O) groups excluding carboxylic acids is 2. The third kappa shape index (κ3) is 5.28. The molecule has 1 atom stereocenters. The maximum atomic E-state index is 13.5. The van der Waals surface area contributed by atoms with Crippen molar-refractivity contribution in [3.8, 4) is 0 Å². The lowest BCUT2D eigenvalue weighted by molar-refractivity contribution is -0.142. The zero-order valence-corrected chi connectivity index (χ0v) is 19.1. The summed E-state index contributed by atoms with van der Waals surface area (Å²) in [5.74, 6) is -0.332. The first kappa shape index (κ1) is 22.5. The summed E-state index contributed by atoms with van der Waals surface area (Å²) in [4.78, 5) is 31.0. The van der Waals surface area contributed by atoms with Crippen molar-refractivity contribution in [2.75, 3.05) is 19.6 Å². The Balaban J connectivity index is 1.85. The number of halogens is 1. The molecule has 0 saturated heterocycles. The van der Waals surface area contributed by atoms with Crippen molar-refractivity contribution < 1.29 is 14.0 Å². The summed E-state index contributed by atoms with van der Waals surface area (Å²) in [6.07, 6.45) is 2.02. The maximum absolute atomic E-state index is 13.5. The SMILES string of the molecule is CCCN(CC(=O)N1CCc2sccc2C1c1ccc(F)cc1)C(=O)CC(C)(C)C. The minimum Gasteiger partial charge on any atom is -0.333 e. The molecule has 1 aromatic carbocycles. The van der Waals surface area contributed by atoms with Gasteiger partial charge in [-0.05, 0) is 53.0 Å². The third-order valence-electron chi connectivity index (χ3n) is 5.33. The van der Waals surface area contributed by atoms with Gasteiger partial charge in [0.15, 0.2) is 0 Å². The second-order valence-electron chi connectivity index (χ2n) is 9.14. The van der Waals surface area contributed by atoms with Crippen LogP contribution >= 0.6 is 11.3 Å². The Kier molecular flexibility index (Phi) is 6.96. The van der Waals surface area contributed by atoms with Crippen molar-refractivity contribution >= 4 is 23.2 Å². The predicted octanol–water partition coefficient (Wildman–Crippen LogP) is 5.04. The van der Waals surface area contributed by atoms with Gasteiger partial charge < -0.3 is 9.80 Å². The van der Waals surface area contributed by atoms with Crippen molar-refractivity contribution in [3.05, 3.63) is 57.5 Å². The molecular formula is C24H31FN2O2S. The Morgan fingerprint density at radius 2 is 1.90 bits per heavy atom. The molecule has 0 spiro atoms. The van der Waals surface area contributed by atoms with Gasteiger partial charge in [-0.25, -0.2) is 4.39 Å². The van der Waals surface area contributed by atoms with Crippen LogP contribution in [-0.4, -0.2) is 41.2 Å². The average Bonchev–Trinajstić information content (AvgIpc) is 3.15. The van der Waals surface area contributed by atoms with Crippen LogP contribution in [0.4, 0.5) is 4.39 Å². The summed E-state index contributed by atoms with van der Waals surface area (Å²) < 4.78 is 13.5. The molecular weight excluding hydrogens is 399 g/mol. The van der Waals surface area contributed by atoms with Crippen LogP contribution in [0.25, 0.3) is 0 Å². The Bertz CT molecular complexity index is 885. The van der Waals surface area contributed by atoms with E-state index in [1.807, 2.05) is 38.0 Å². The summed E-state index contributed by atoms with van der Waals surface area (Å²) in [5.41, 5.74) is 1.88. The predicted molar refractivity (Wildman–Crippen MR) is 119 cm³/mol. The fourth-order valence-electron chi connectivity index (χ4n) is 3.97.